The van der Waals surface area contributed by atoms with Gasteiger partial charge in [-0.05, 0) is 17.5 Å². The molecule has 16 heavy (non-hydrogen) atoms. The van der Waals surface area contributed by atoms with Crippen LogP contribution in [0.5, 0.6) is 0 Å². The predicted molar refractivity (Wildman–Crippen MR) is 69.3 cm³/mol. The first-order valence-electron chi connectivity index (χ1n) is 5.34. The minimum absolute atomic E-state index is 0. The van der Waals surface area contributed by atoms with Crippen molar-refractivity contribution in [3.63, 3.8) is 0 Å². The van der Waals surface area contributed by atoms with Crippen LogP contribution in [0.2, 0.25) is 5.02 Å². The topological polar surface area (TPSA) is 21.3 Å². The molecule has 1 aliphatic rings. The summed E-state index contributed by atoms with van der Waals surface area (Å²) < 4.78 is 5.68. The summed E-state index contributed by atoms with van der Waals surface area (Å²) in [6.07, 6.45) is 0.952. The molecular weight excluding hydrogens is 245 g/mol. The van der Waals surface area contributed by atoms with Crippen LogP contribution in [0.3, 0.4) is 0 Å². The lowest BCUT2D eigenvalue weighted by atomic mass is 10.1. The van der Waals surface area contributed by atoms with Crippen LogP contribution in [0, 0.1) is 5.92 Å². The number of ether oxygens (including phenoxy) is 1. The molecule has 0 saturated carbocycles. The summed E-state index contributed by atoms with van der Waals surface area (Å²) in [5.41, 5.74) is 1.14. The fourth-order valence-electron chi connectivity index (χ4n) is 1.73. The highest BCUT2D eigenvalue weighted by Gasteiger charge is 2.18. The third-order valence-electron chi connectivity index (χ3n) is 2.64. The molecule has 1 aliphatic heterocycles. The average molecular weight is 262 g/mol. The van der Waals surface area contributed by atoms with Crippen LogP contribution in [0.25, 0.3) is 0 Å². The molecule has 1 N–H and O–H groups in total. The quantitative estimate of drug-likeness (QED) is 0.884. The molecule has 90 valence electrons. The van der Waals surface area contributed by atoms with Gasteiger partial charge in [-0.15, -0.1) is 12.4 Å². The van der Waals surface area contributed by atoms with E-state index in [1.165, 1.54) is 0 Å². The van der Waals surface area contributed by atoms with Gasteiger partial charge in [-0.3, -0.25) is 5.32 Å². The van der Waals surface area contributed by atoms with Crippen molar-refractivity contribution in [2.45, 2.75) is 19.6 Å². The van der Waals surface area contributed by atoms with Crippen molar-refractivity contribution in [2.75, 3.05) is 13.2 Å². The maximum Gasteiger partial charge on any atom is 0.112 e. The Bertz CT molecular complexity index is 325. The molecule has 2 atom stereocenters. The molecule has 1 aromatic rings. The molecule has 1 saturated heterocycles. The monoisotopic (exact) mass is 261 g/mol. The summed E-state index contributed by atoms with van der Waals surface area (Å²) >= 11 is 6.09. The molecule has 0 aliphatic carbocycles. The smallest absolute Gasteiger partial charge is 0.112 e. The maximum absolute atomic E-state index is 6.09. The largest absolute Gasteiger partial charge is 0.363 e. The predicted octanol–water partition coefficient (Wildman–Crippen LogP) is 2.89. The Morgan fingerprint density at radius 3 is 2.81 bits per heavy atom. The lowest BCUT2D eigenvalue weighted by Gasteiger charge is -2.28. The number of hydrogen-bond acceptors (Lipinski definition) is 2. The van der Waals surface area contributed by atoms with Gasteiger partial charge >= 0.3 is 0 Å². The molecule has 2 nitrogen and oxygen atoms in total. The number of halogens is 2. The molecule has 0 radical (unpaired) electrons. The van der Waals surface area contributed by atoms with E-state index in [2.05, 4.69) is 12.2 Å². The Morgan fingerprint density at radius 2 is 2.19 bits per heavy atom. The zero-order valence-corrected chi connectivity index (χ0v) is 10.9. The van der Waals surface area contributed by atoms with Crippen molar-refractivity contribution in [2.24, 2.45) is 5.92 Å². The second-order valence-corrected chi connectivity index (χ2v) is 4.54. The second kappa shape index (κ2) is 6.45. The van der Waals surface area contributed by atoms with Gasteiger partial charge in [0.15, 0.2) is 0 Å². The van der Waals surface area contributed by atoms with Crippen LogP contribution < -0.4 is 5.32 Å². The lowest BCUT2D eigenvalue weighted by Crippen LogP contribution is -2.43. The van der Waals surface area contributed by atoms with Crippen molar-refractivity contribution in [1.29, 1.82) is 0 Å². The molecule has 0 aromatic heterocycles. The van der Waals surface area contributed by atoms with Gasteiger partial charge in [-0.25, -0.2) is 0 Å². The van der Waals surface area contributed by atoms with Crippen LogP contribution in [-0.2, 0) is 11.2 Å². The first-order chi connectivity index (χ1) is 7.25. The number of hydrogen-bond donors (Lipinski definition) is 1. The fraction of sp³-hybridized carbons (Fsp3) is 0.500. The molecule has 2 unspecified atom stereocenters. The normalized spacial score (nSPS) is 24.9. The van der Waals surface area contributed by atoms with E-state index in [-0.39, 0.29) is 18.6 Å². The van der Waals surface area contributed by atoms with E-state index in [1.54, 1.807) is 0 Å². The first kappa shape index (κ1) is 13.8. The average Bonchev–Trinajstić information content (AvgIpc) is 2.25. The molecule has 4 heteroatoms. The van der Waals surface area contributed by atoms with Gasteiger partial charge in [0.2, 0.25) is 0 Å². The van der Waals surface area contributed by atoms with E-state index >= 15 is 0 Å². The van der Waals surface area contributed by atoms with Gasteiger partial charge in [-0.1, -0.05) is 36.7 Å². The van der Waals surface area contributed by atoms with Gasteiger partial charge < -0.3 is 4.74 Å². The van der Waals surface area contributed by atoms with Crippen molar-refractivity contribution < 1.29 is 4.74 Å². The van der Waals surface area contributed by atoms with Crippen molar-refractivity contribution in [3.8, 4) is 0 Å². The first-order valence-corrected chi connectivity index (χ1v) is 5.72. The molecule has 1 aromatic carbocycles. The zero-order valence-electron chi connectivity index (χ0n) is 9.28. The van der Waals surface area contributed by atoms with Crippen molar-refractivity contribution in [3.05, 3.63) is 34.9 Å². The number of rotatable bonds is 2. The van der Waals surface area contributed by atoms with Crippen LogP contribution in [0.4, 0.5) is 0 Å². The summed E-state index contributed by atoms with van der Waals surface area (Å²) in [6.45, 7) is 4.04. The van der Waals surface area contributed by atoms with Gasteiger partial charge in [-0.2, -0.15) is 0 Å². The van der Waals surface area contributed by atoms with Gasteiger partial charge in [0.1, 0.15) is 6.23 Å². The van der Waals surface area contributed by atoms with Gasteiger partial charge in [0, 0.05) is 18.0 Å². The van der Waals surface area contributed by atoms with Gasteiger partial charge in [0.25, 0.3) is 0 Å². The Balaban J connectivity index is 0.00000128. The third-order valence-corrected chi connectivity index (χ3v) is 3.01. The summed E-state index contributed by atoms with van der Waals surface area (Å²) in [7, 11) is 0. The molecule has 2 rings (SSSR count). The van der Waals surface area contributed by atoms with Crippen LogP contribution >= 0.6 is 24.0 Å². The molecular formula is C12H17Cl2NO. The minimum Gasteiger partial charge on any atom is -0.363 e. The highest BCUT2D eigenvalue weighted by atomic mass is 35.5. The molecule has 0 spiro atoms. The number of nitrogens with one attached hydrogen (secondary N) is 1. The molecule has 0 bridgehead atoms. The highest BCUT2D eigenvalue weighted by molar-refractivity contribution is 6.31. The zero-order chi connectivity index (χ0) is 10.7. The van der Waals surface area contributed by atoms with E-state index in [0.29, 0.717) is 5.92 Å². The lowest BCUT2D eigenvalue weighted by molar-refractivity contribution is -0.0228. The summed E-state index contributed by atoms with van der Waals surface area (Å²) in [4.78, 5) is 0. The third kappa shape index (κ3) is 3.63. The summed E-state index contributed by atoms with van der Waals surface area (Å²) in [6, 6.07) is 7.92. The van der Waals surface area contributed by atoms with E-state index in [1.807, 2.05) is 24.3 Å². The Labute approximate surface area is 108 Å². The molecule has 1 fully saturated rings. The van der Waals surface area contributed by atoms with Crippen LogP contribution in [-0.4, -0.2) is 19.4 Å². The maximum atomic E-state index is 6.09. The number of benzene rings is 1. The van der Waals surface area contributed by atoms with Crippen molar-refractivity contribution >= 4 is 24.0 Å². The standard InChI is InChI=1S/C12H16ClNO.ClH/c1-9-7-14-12(15-8-9)6-10-4-2-3-5-11(10)13;/h2-5,9,12,14H,6-8H2,1H3;1H. The van der Waals surface area contributed by atoms with Crippen molar-refractivity contribution in [1.82, 2.24) is 5.32 Å². The SMILES string of the molecule is CC1CNC(Cc2ccccc2Cl)OC1.Cl. The Kier molecular flexibility index (Phi) is 5.56. The van der Waals surface area contributed by atoms with E-state index in [9.17, 15) is 0 Å². The summed E-state index contributed by atoms with van der Waals surface area (Å²) in [5.74, 6) is 0.604. The fourth-order valence-corrected chi connectivity index (χ4v) is 1.94. The summed E-state index contributed by atoms with van der Waals surface area (Å²) in [5, 5.41) is 4.18. The second-order valence-electron chi connectivity index (χ2n) is 4.13. The Morgan fingerprint density at radius 1 is 1.44 bits per heavy atom. The Hall–Kier alpha value is -0.280. The highest BCUT2D eigenvalue weighted by Crippen LogP contribution is 2.18. The minimum atomic E-state index is 0. The molecule has 1 heterocycles. The van der Waals surface area contributed by atoms with E-state index in [4.69, 9.17) is 16.3 Å². The van der Waals surface area contributed by atoms with E-state index in [0.717, 1.165) is 30.2 Å². The van der Waals surface area contributed by atoms with E-state index < -0.39 is 0 Å². The van der Waals surface area contributed by atoms with Gasteiger partial charge in [0.05, 0.1) is 6.61 Å². The van der Waals surface area contributed by atoms with Crippen LogP contribution in [0.1, 0.15) is 12.5 Å². The molecule has 0 amide bonds. The van der Waals surface area contributed by atoms with Crippen LogP contribution in [0.15, 0.2) is 24.3 Å².